The van der Waals surface area contributed by atoms with Gasteiger partial charge >= 0.3 is 6.09 Å². The molecule has 152 valence electrons. The number of rotatable bonds is 7. The van der Waals surface area contributed by atoms with Crippen molar-refractivity contribution < 1.29 is 26.9 Å². The molecule has 0 aliphatic rings. The lowest BCUT2D eigenvalue weighted by molar-refractivity contribution is -0.117. The number of anilines is 1. The van der Waals surface area contributed by atoms with Crippen LogP contribution in [0.5, 0.6) is 0 Å². The van der Waals surface area contributed by atoms with E-state index < -0.39 is 27.7 Å². The highest BCUT2D eigenvalue weighted by atomic mass is 79.9. The maximum absolute atomic E-state index is 12.4. The maximum Gasteiger partial charge on any atom is 0.410 e. The Morgan fingerprint density at radius 3 is 2.44 bits per heavy atom. The normalized spacial score (nSPS) is 11.8. The average Bonchev–Trinajstić information content (AvgIpc) is 2.47. The number of nitrogens with zero attached hydrogens (tertiary/aromatic N) is 1. The topological polar surface area (TPSA) is 102 Å². The Morgan fingerprint density at radius 2 is 1.89 bits per heavy atom. The Morgan fingerprint density at radius 1 is 1.26 bits per heavy atom. The number of nitrogens with one attached hydrogen (secondary N) is 1. The van der Waals surface area contributed by atoms with Crippen molar-refractivity contribution in [1.82, 2.24) is 4.90 Å². The van der Waals surface area contributed by atoms with Gasteiger partial charge in [-0.05, 0) is 45.4 Å². The molecule has 8 nitrogen and oxygen atoms in total. The number of ether oxygens (including phenoxy) is 1. The third kappa shape index (κ3) is 9.73. The number of carbonyl (C=O) groups excluding carboxylic acids is 2. The molecule has 0 saturated heterocycles. The molecule has 1 rings (SSSR count). The van der Waals surface area contributed by atoms with Gasteiger partial charge in [0.05, 0.1) is 12.9 Å². The molecule has 27 heavy (non-hydrogen) atoms. The molecule has 10 heteroatoms. The zero-order valence-corrected chi connectivity index (χ0v) is 18.4. The van der Waals surface area contributed by atoms with Gasteiger partial charge in [-0.3, -0.25) is 13.9 Å². The minimum absolute atomic E-state index is 0.118. The minimum atomic E-state index is -3.65. The predicted octanol–water partition coefficient (Wildman–Crippen LogP) is 2.91. The van der Waals surface area contributed by atoms with Crippen LogP contribution < -0.4 is 5.32 Å². The largest absolute Gasteiger partial charge is 0.444 e. The third-order valence-corrected chi connectivity index (χ3v) is 4.21. The molecule has 0 unspecified atom stereocenters. The van der Waals surface area contributed by atoms with Gasteiger partial charge < -0.3 is 10.1 Å². The number of hydrogen-bond acceptors (Lipinski definition) is 6. The summed E-state index contributed by atoms with van der Waals surface area (Å²) in [5, 5.41) is 2.73. The Labute approximate surface area is 168 Å². The van der Waals surface area contributed by atoms with Crippen LogP contribution in [0.4, 0.5) is 10.5 Å². The van der Waals surface area contributed by atoms with Crippen molar-refractivity contribution in [2.75, 3.05) is 31.3 Å². The Kier molecular flexibility index (Phi) is 8.24. The number of hydrogen-bond donors (Lipinski definition) is 1. The van der Waals surface area contributed by atoms with E-state index in [9.17, 15) is 18.0 Å². The van der Waals surface area contributed by atoms with Gasteiger partial charge in [0.15, 0.2) is 0 Å². The van der Waals surface area contributed by atoms with Gasteiger partial charge in [0, 0.05) is 16.7 Å². The first-order chi connectivity index (χ1) is 12.3. The predicted molar refractivity (Wildman–Crippen MR) is 106 cm³/mol. The molecule has 0 radical (unpaired) electrons. The summed E-state index contributed by atoms with van der Waals surface area (Å²) in [6.07, 6.45) is 0.175. The molecule has 0 aliphatic heterocycles. The molecule has 0 fully saturated rings. The summed E-state index contributed by atoms with van der Waals surface area (Å²) in [7, 11) is -3.65. The van der Waals surface area contributed by atoms with Crippen molar-refractivity contribution in [3.63, 3.8) is 0 Å². The summed E-state index contributed by atoms with van der Waals surface area (Å²) in [6, 6.07) is 5.43. The molecule has 0 bridgehead atoms. The highest BCUT2D eigenvalue weighted by Crippen LogP contribution is 2.20. The van der Waals surface area contributed by atoms with Crippen LogP contribution in [-0.2, 0) is 23.8 Å². The third-order valence-electron chi connectivity index (χ3n) is 3.12. The van der Waals surface area contributed by atoms with Crippen LogP contribution in [0.15, 0.2) is 22.7 Å². The number of carbonyl (C=O) groups is 2. The zero-order chi connectivity index (χ0) is 20.8. The molecule has 0 heterocycles. The van der Waals surface area contributed by atoms with Crippen LogP contribution >= 0.6 is 15.9 Å². The fraction of sp³-hybridized carbons (Fsp3) is 0.529. The van der Waals surface area contributed by atoms with Gasteiger partial charge in [-0.15, -0.1) is 0 Å². The van der Waals surface area contributed by atoms with Gasteiger partial charge in [-0.1, -0.05) is 22.0 Å². The van der Waals surface area contributed by atoms with E-state index in [1.165, 1.54) is 0 Å². The van der Waals surface area contributed by atoms with E-state index in [1.54, 1.807) is 26.8 Å². The molecule has 0 aromatic heterocycles. The maximum atomic E-state index is 12.4. The number of halogens is 1. The molecular formula is C17H25BrN2O6S. The van der Waals surface area contributed by atoms with E-state index in [2.05, 4.69) is 25.4 Å². The van der Waals surface area contributed by atoms with Crippen LogP contribution in [0.2, 0.25) is 0 Å². The number of benzene rings is 1. The minimum Gasteiger partial charge on any atom is -0.444 e. The van der Waals surface area contributed by atoms with Crippen molar-refractivity contribution in [2.45, 2.75) is 33.3 Å². The fourth-order valence-corrected chi connectivity index (χ4v) is 2.69. The van der Waals surface area contributed by atoms with Crippen LogP contribution in [0, 0.1) is 6.92 Å². The summed E-state index contributed by atoms with van der Waals surface area (Å²) in [5.41, 5.74) is 0.700. The summed E-state index contributed by atoms with van der Waals surface area (Å²) in [4.78, 5) is 25.8. The molecule has 0 spiro atoms. The average molecular weight is 465 g/mol. The second-order valence-electron chi connectivity index (χ2n) is 6.94. The fourth-order valence-electron chi connectivity index (χ4n) is 1.95. The first-order valence-corrected chi connectivity index (χ1v) is 10.8. The van der Waals surface area contributed by atoms with Gasteiger partial charge in [-0.25, -0.2) is 4.79 Å². The molecule has 2 amide bonds. The molecule has 1 aromatic carbocycles. The standard InChI is InChI=1S/C17H25BrN2O6S/c1-12-6-7-13(18)10-14(12)19-15(21)11-20(8-9-25-27(5,23)24)16(22)26-17(2,3)4/h6-7,10H,8-9,11H2,1-5H3,(H,19,21). The summed E-state index contributed by atoms with van der Waals surface area (Å²) < 4.78 is 32.9. The molecule has 0 aliphatic carbocycles. The molecular weight excluding hydrogens is 440 g/mol. The van der Waals surface area contributed by atoms with Crippen molar-refractivity contribution in [3.8, 4) is 0 Å². The van der Waals surface area contributed by atoms with Crippen molar-refractivity contribution in [1.29, 1.82) is 0 Å². The van der Waals surface area contributed by atoms with Crippen LogP contribution in [0.1, 0.15) is 26.3 Å². The van der Waals surface area contributed by atoms with Gasteiger partial charge in [0.1, 0.15) is 12.1 Å². The lowest BCUT2D eigenvalue weighted by Crippen LogP contribution is -2.43. The Balaban J connectivity index is 2.83. The van der Waals surface area contributed by atoms with E-state index in [0.29, 0.717) is 5.69 Å². The van der Waals surface area contributed by atoms with Crippen molar-refractivity contribution in [3.05, 3.63) is 28.2 Å². The molecule has 1 N–H and O–H groups in total. The van der Waals surface area contributed by atoms with E-state index in [0.717, 1.165) is 21.2 Å². The van der Waals surface area contributed by atoms with Gasteiger partial charge in [-0.2, -0.15) is 8.42 Å². The van der Waals surface area contributed by atoms with E-state index >= 15 is 0 Å². The highest BCUT2D eigenvalue weighted by Gasteiger charge is 2.24. The number of aryl methyl sites for hydroxylation is 1. The van der Waals surface area contributed by atoms with Crippen molar-refractivity contribution >= 4 is 43.7 Å². The second kappa shape index (κ2) is 9.52. The van der Waals surface area contributed by atoms with Crippen molar-refractivity contribution in [2.24, 2.45) is 0 Å². The van der Waals surface area contributed by atoms with E-state index in [-0.39, 0.29) is 19.7 Å². The van der Waals surface area contributed by atoms with Gasteiger partial charge in [0.25, 0.3) is 10.1 Å². The lowest BCUT2D eigenvalue weighted by atomic mass is 10.2. The first-order valence-electron chi connectivity index (χ1n) is 8.15. The first kappa shape index (κ1) is 23.4. The monoisotopic (exact) mass is 464 g/mol. The highest BCUT2D eigenvalue weighted by molar-refractivity contribution is 9.10. The molecule has 0 atom stereocenters. The molecule has 0 saturated carbocycles. The number of amides is 2. The van der Waals surface area contributed by atoms with Crippen LogP contribution in [0.25, 0.3) is 0 Å². The summed E-state index contributed by atoms with van der Waals surface area (Å²) in [6.45, 7) is 6.22. The van der Waals surface area contributed by atoms with Gasteiger partial charge in [0.2, 0.25) is 5.91 Å². The van der Waals surface area contributed by atoms with Crippen LogP contribution in [-0.4, -0.2) is 56.9 Å². The second-order valence-corrected chi connectivity index (χ2v) is 9.50. The summed E-state index contributed by atoms with van der Waals surface area (Å²) in [5.74, 6) is -0.443. The smallest absolute Gasteiger partial charge is 0.410 e. The zero-order valence-electron chi connectivity index (χ0n) is 16.0. The Bertz CT molecular complexity index is 789. The quantitative estimate of drug-likeness (QED) is 0.622. The summed E-state index contributed by atoms with van der Waals surface area (Å²) >= 11 is 3.34. The lowest BCUT2D eigenvalue weighted by Gasteiger charge is -2.27. The van der Waals surface area contributed by atoms with E-state index in [4.69, 9.17) is 4.74 Å². The Hall–Kier alpha value is -1.65. The van der Waals surface area contributed by atoms with E-state index in [1.807, 2.05) is 19.1 Å². The molecule has 1 aromatic rings. The van der Waals surface area contributed by atoms with Crippen LogP contribution in [0.3, 0.4) is 0 Å². The SMILES string of the molecule is Cc1ccc(Br)cc1NC(=O)CN(CCOS(C)(=O)=O)C(=O)OC(C)(C)C.